The van der Waals surface area contributed by atoms with Gasteiger partial charge in [-0.05, 0) is 12.1 Å². The summed E-state index contributed by atoms with van der Waals surface area (Å²) in [5.41, 5.74) is 9.50. The number of hydrogen-bond donors (Lipinski definition) is 2. The zero-order chi connectivity index (χ0) is 12.3. The van der Waals surface area contributed by atoms with Crippen LogP contribution in [-0.4, -0.2) is 36.3 Å². The number of rotatable bonds is 3. The number of hydrazine groups is 1. The zero-order valence-corrected chi connectivity index (χ0v) is 10.1. The molecule has 0 aliphatic carbocycles. The smallest absolute Gasteiger partial charge is 0.135 e. The molecular formula is C11H14FN3OS. The van der Waals surface area contributed by atoms with Crippen molar-refractivity contribution in [1.29, 1.82) is 0 Å². The lowest BCUT2D eigenvalue weighted by Gasteiger charge is -2.28. The van der Waals surface area contributed by atoms with E-state index in [9.17, 15) is 4.39 Å². The van der Waals surface area contributed by atoms with Crippen LogP contribution in [0.2, 0.25) is 0 Å². The second-order valence-electron chi connectivity index (χ2n) is 3.74. The minimum absolute atomic E-state index is 0.0545. The van der Waals surface area contributed by atoms with Gasteiger partial charge >= 0.3 is 0 Å². The Morgan fingerprint density at radius 1 is 1.41 bits per heavy atom. The van der Waals surface area contributed by atoms with E-state index < -0.39 is 5.82 Å². The highest BCUT2D eigenvalue weighted by atomic mass is 32.1. The fraction of sp³-hybridized carbons (Fsp3) is 0.364. The van der Waals surface area contributed by atoms with E-state index in [-0.39, 0.29) is 10.6 Å². The maximum atomic E-state index is 13.6. The highest BCUT2D eigenvalue weighted by Crippen LogP contribution is 2.19. The van der Waals surface area contributed by atoms with Crippen LogP contribution in [0.5, 0.6) is 0 Å². The molecule has 0 unspecified atom stereocenters. The van der Waals surface area contributed by atoms with E-state index in [1.807, 2.05) is 5.01 Å². The Kier molecular flexibility index (Phi) is 3.88. The highest BCUT2D eigenvalue weighted by Gasteiger charge is 2.15. The molecule has 6 heteroatoms. The van der Waals surface area contributed by atoms with Crippen molar-refractivity contribution in [2.75, 3.05) is 31.7 Å². The summed E-state index contributed by atoms with van der Waals surface area (Å²) < 4.78 is 18.8. The van der Waals surface area contributed by atoms with E-state index in [2.05, 4.69) is 5.43 Å². The van der Waals surface area contributed by atoms with Gasteiger partial charge in [0.1, 0.15) is 10.8 Å². The molecule has 1 saturated heterocycles. The van der Waals surface area contributed by atoms with Crippen LogP contribution in [0.15, 0.2) is 18.2 Å². The number of anilines is 1. The predicted octanol–water partition coefficient (Wildman–Crippen LogP) is 1.12. The molecule has 0 aromatic heterocycles. The number of benzene rings is 1. The molecule has 4 nitrogen and oxygen atoms in total. The summed E-state index contributed by atoms with van der Waals surface area (Å²) in [4.78, 5) is 0.0545. The van der Waals surface area contributed by atoms with Gasteiger partial charge in [-0.25, -0.2) is 9.40 Å². The van der Waals surface area contributed by atoms with Crippen LogP contribution in [0.1, 0.15) is 5.56 Å². The van der Waals surface area contributed by atoms with Crippen molar-refractivity contribution < 1.29 is 9.13 Å². The molecule has 1 aromatic carbocycles. The fourth-order valence-electron chi connectivity index (χ4n) is 1.71. The summed E-state index contributed by atoms with van der Waals surface area (Å²) in [5, 5.41) is 1.96. The summed E-state index contributed by atoms with van der Waals surface area (Å²) in [5.74, 6) is -0.407. The second kappa shape index (κ2) is 5.39. The van der Waals surface area contributed by atoms with E-state index in [1.165, 1.54) is 6.07 Å². The third-order valence-corrected chi connectivity index (χ3v) is 2.75. The summed E-state index contributed by atoms with van der Waals surface area (Å²) >= 11 is 4.86. The van der Waals surface area contributed by atoms with Gasteiger partial charge in [0.2, 0.25) is 0 Å². The summed E-state index contributed by atoms with van der Waals surface area (Å²) in [6.45, 7) is 2.80. The third-order valence-electron chi connectivity index (χ3n) is 2.55. The van der Waals surface area contributed by atoms with E-state index in [0.717, 1.165) is 13.1 Å². The summed E-state index contributed by atoms with van der Waals surface area (Å²) in [6.07, 6.45) is 0. The van der Waals surface area contributed by atoms with E-state index in [1.54, 1.807) is 12.1 Å². The first-order valence-corrected chi connectivity index (χ1v) is 5.77. The largest absolute Gasteiger partial charge is 0.389 e. The van der Waals surface area contributed by atoms with Crippen molar-refractivity contribution >= 4 is 22.9 Å². The molecule has 17 heavy (non-hydrogen) atoms. The summed E-state index contributed by atoms with van der Waals surface area (Å²) in [7, 11) is 0. The number of morpholine rings is 1. The van der Waals surface area contributed by atoms with Crippen LogP contribution in [0.4, 0.5) is 10.1 Å². The first-order chi connectivity index (χ1) is 8.18. The number of nitrogens with one attached hydrogen (secondary N) is 1. The maximum Gasteiger partial charge on any atom is 0.135 e. The molecule has 0 atom stereocenters. The quantitative estimate of drug-likeness (QED) is 0.793. The van der Waals surface area contributed by atoms with Gasteiger partial charge in [-0.2, -0.15) is 0 Å². The van der Waals surface area contributed by atoms with Gasteiger partial charge in [-0.3, -0.25) is 0 Å². The number of ether oxygens (including phenoxy) is 1. The molecule has 0 saturated carbocycles. The van der Waals surface area contributed by atoms with Gasteiger partial charge in [0.15, 0.2) is 0 Å². The van der Waals surface area contributed by atoms with Gasteiger partial charge in [0, 0.05) is 13.1 Å². The number of nitrogens with two attached hydrogens (primary N) is 1. The topological polar surface area (TPSA) is 50.5 Å². The number of halogens is 1. The van der Waals surface area contributed by atoms with Gasteiger partial charge in [-0.15, -0.1) is 0 Å². The van der Waals surface area contributed by atoms with Crippen LogP contribution >= 0.6 is 12.2 Å². The molecule has 1 aliphatic rings. The molecule has 2 rings (SSSR count). The van der Waals surface area contributed by atoms with Crippen LogP contribution in [0.3, 0.4) is 0 Å². The number of thiocarbonyl (C=S) groups is 1. The SMILES string of the molecule is NC(=S)c1c(F)cccc1NN1CCOCC1. The van der Waals surface area contributed by atoms with Gasteiger partial charge in [-0.1, -0.05) is 18.3 Å². The highest BCUT2D eigenvalue weighted by molar-refractivity contribution is 7.80. The Labute approximate surface area is 105 Å². The predicted molar refractivity (Wildman–Crippen MR) is 68.3 cm³/mol. The molecule has 92 valence electrons. The molecular weight excluding hydrogens is 241 g/mol. The minimum Gasteiger partial charge on any atom is -0.389 e. The normalized spacial score (nSPS) is 16.8. The molecule has 0 amide bonds. The Balaban J connectivity index is 2.19. The molecule has 0 spiro atoms. The zero-order valence-electron chi connectivity index (χ0n) is 9.28. The van der Waals surface area contributed by atoms with Crippen molar-refractivity contribution in [3.05, 3.63) is 29.6 Å². The van der Waals surface area contributed by atoms with E-state index in [0.29, 0.717) is 18.9 Å². The van der Waals surface area contributed by atoms with Gasteiger partial charge < -0.3 is 15.9 Å². The van der Waals surface area contributed by atoms with Crippen LogP contribution in [0, 0.1) is 5.82 Å². The molecule has 0 radical (unpaired) electrons. The minimum atomic E-state index is -0.407. The fourth-order valence-corrected chi connectivity index (χ4v) is 1.92. The molecule has 1 fully saturated rings. The van der Waals surface area contributed by atoms with Crippen molar-refractivity contribution in [2.45, 2.75) is 0 Å². The van der Waals surface area contributed by atoms with E-state index in [4.69, 9.17) is 22.7 Å². The average molecular weight is 255 g/mol. The first kappa shape index (κ1) is 12.2. The first-order valence-electron chi connectivity index (χ1n) is 5.36. The Morgan fingerprint density at radius 2 is 2.12 bits per heavy atom. The summed E-state index contributed by atoms with van der Waals surface area (Å²) in [6, 6.07) is 4.73. The van der Waals surface area contributed by atoms with Crippen molar-refractivity contribution in [3.8, 4) is 0 Å². The van der Waals surface area contributed by atoms with Crippen LogP contribution < -0.4 is 11.2 Å². The third kappa shape index (κ3) is 2.91. The van der Waals surface area contributed by atoms with Crippen LogP contribution in [-0.2, 0) is 4.74 Å². The van der Waals surface area contributed by atoms with Gasteiger partial charge in [0.05, 0.1) is 24.5 Å². The number of hydrogen-bond acceptors (Lipinski definition) is 4. The lowest BCUT2D eigenvalue weighted by Crippen LogP contribution is -2.40. The average Bonchev–Trinajstić information content (AvgIpc) is 2.30. The van der Waals surface area contributed by atoms with E-state index >= 15 is 0 Å². The van der Waals surface area contributed by atoms with Crippen molar-refractivity contribution in [3.63, 3.8) is 0 Å². The lowest BCUT2D eigenvalue weighted by atomic mass is 10.1. The number of nitrogens with zero attached hydrogens (tertiary/aromatic N) is 1. The molecule has 1 heterocycles. The monoisotopic (exact) mass is 255 g/mol. The van der Waals surface area contributed by atoms with Gasteiger partial charge in [0.25, 0.3) is 0 Å². The molecule has 1 aliphatic heterocycles. The maximum absolute atomic E-state index is 13.6. The Morgan fingerprint density at radius 3 is 2.76 bits per heavy atom. The van der Waals surface area contributed by atoms with Crippen molar-refractivity contribution in [2.24, 2.45) is 5.73 Å². The molecule has 1 aromatic rings. The standard InChI is InChI=1S/C11H14FN3OS/c12-8-2-1-3-9(10(8)11(13)17)14-15-4-6-16-7-5-15/h1-3,14H,4-7H2,(H2,13,17). The second-order valence-corrected chi connectivity index (χ2v) is 4.18. The van der Waals surface area contributed by atoms with Crippen molar-refractivity contribution in [1.82, 2.24) is 5.01 Å². The Hall–Kier alpha value is -1.24. The lowest BCUT2D eigenvalue weighted by molar-refractivity contribution is 0.0497. The molecule has 3 N–H and O–H groups in total. The van der Waals surface area contributed by atoms with Crippen LogP contribution in [0.25, 0.3) is 0 Å². The Bertz CT molecular complexity index is 421. The molecule has 0 bridgehead atoms.